The lowest BCUT2D eigenvalue weighted by molar-refractivity contribution is -0.131. The Bertz CT molecular complexity index is 1020. The van der Waals surface area contributed by atoms with E-state index in [1.165, 1.54) is 10.9 Å². The standard InChI is InChI=1S/C25H24N2O/c26-18-21-9-12-22-15-20(8-11-23(22)16-21)10-13-24-7-4-14-27(24)25(28)17-19-5-2-1-3-6-19/h1-3,5-6,8-9,11-12,15-16,24H,4,7,10,13-14,17H2/t24-/m0/s1. The van der Waals surface area contributed by atoms with E-state index in [-0.39, 0.29) is 5.91 Å². The summed E-state index contributed by atoms with van der Waals surface area (Å²) in [5.74, 6) is 0.247. The zero-order chi connectivity index (χ0) is 19.3. The number of benzene rings is 3. The predicted molar refractivity (Wildman–Crippen MR) is 112 cm³/mol. The van der Waals surface area contributed by atoms with Gasteiger partial charge in [-0.15, -0.1) is 0 Å². The van der Waals surface area contributed by atoms with Gasteiger partial charge in [0.25, 0.3) is 0 Å². The number of rotatable bonds is 5. The maximum absolute atomic E-state index is 12.8. The van der Waals surface area contributed by atoms with Crippen molar-refractivity contribution in [2.75, 3.05) is 6.54 Å². The van der Waals surface area contributed by atoms with Crippen molar-refractivity contribution in [2.45, 2.75) is 38.1 Å². The summed E-state index contributed by atoms with van der Waals surface area (Å²) in [4.78, 5) is 14.9. The van der Waals surface area contributed by atoms with E-state index in [0.29, 0.717) is 18.0 Å². The molecule has 0 unspecified atom stereocenters. The highest BCUT2D eigenvalue weighted by atomic mass is 16.2. The summed E-state index contributed by atoms with van der Waals surface area (Å²) in [6.45, 7) is 0.880. The molecule has 1 heterocycles. The van der Waals surface area contributed by atoms with E-state index in [2.05, 4.69) is 29.2 Å². The first-order valence-corrected chi connectivity index (χ1v) is 9.99. The van der Waals surface area contributed by atoms with Crippen LogP contribution in [0.1, 0.15) is 36.0 Å². The summed E-state index contributed by atoms with van der Waals surface area (Å²) < 4.78 is 0. The second kappa shape index (κ2) is 8.27. The van der Waals surface area contributed by atoms with E-state index in [0.717, 1.165) is 43.2 Å². The van der Waals surface area contributed by atoms with Gasteiger partial charge in [0.15, 0.2) is 0 Å². The molecule has 0 aromatic heterocycles. The van der Waals surface area contributed by atoms with Crippen LogP contribution in [0, 0.1) is 11.3 Å². The fourth-order valence-corrected chi connectivity index (χ4v) is 4.19. The average Bonchev–Trinajstić information content (AvgIpc) is 3.21. The van der Waals surface area contributed by atoms with E-state index in [1.807, 2.05) is 48.5 Å². The Morgan fingerprint density at radius 1 is 1.00 bits per heavy atom. The van der Waals surface area contributed by atoms with Crippen LogP contribution in [0.5, 0.6) is 0 Å². The second-order valence-corrected chi connectivity index (χ2v) is 7.59. The van der Waals surface area contributed by atoms with Crippen LogP contribution in [0.15, 0.2) is 66.7 Å². The largest absolute Gasteiger partial charge is 0.339 e. The normalized spacial score (nSPS) is 16.2. The van der Waals surface area contributed by atoms with E-state index in [1.54, 1.807) is 0 Å². The molecule has 0 radical (unpaired) electrons. The minimum absolute atomic E-state index is 0.247. The van der Waals surface area contributed by atoms with Crippen LogP contribution in [-0.2, 0) is 17.6 Å². The van der Waals surface area contributed by atoms with Crippen LogP contribution < -0.4 is 0 Å². The smallest absolute Gasteiger partial charge is 0.227 e. The Morgan fingerprint density at radius 3 is 2.61 bits per heavy atom. The number of amides is 1. The number of nitriles is 1. The van der Waals surface area contributed by atoms with Gasteiger partial charge in [0.2, 0.25) is 5.91 Å². The van der Waals surface area contributed by atoms with Gasteiger partial charge in [-0.2, -0.15) is 5.26 Å². The minimum Gasteiger partial charge on any atom is -0.339 e. The molecule has 3 heteroatoms. The third kappa shape index (κ3) is 4.07. The van der Waals surface area contributed by atoms with Crippen molar-refractivity contribution in [1.82, 2.24) is 4.90 Å². The summed E-state index contributed by atoms with van der Waals surface area (Å²) in [7, 11) is 0. The first kappa shape index (κ1) is 18.3. The molecular weight excluding hydrogens is 344 g/mol. The van der Waals surface area contributed by atoms with Crippen molar-refractivity contribution < 1.29 is 4.79 Å². The molecule has 28 heavy (non-hydrogen) atoms. The number of nitrogens with zero attached hydrogens (tertiary/aromatic N) is 2. The van der Waals surface area contributed by atoms with Crippen LogP contribution in [0.25, 0.3) is 10.8 Å². The number of aryl methyl sites for hydroxylation is 1. The lowest BCUT2D eigenvalue weighted by Gasteiger charge is -2.25. The molecule has 0 N–H and O–H groups in total. The van der Waals surface area contributed by atoms with Gasteiger partial charge in [-0.05, 0) is 59.7 Å². The molecule has 0 saturated carbocycles. The molecule has 1 amide bonds. The van der Waals surface area contributed by atoms with Crippen molar-refractivity contribution in [3.63, 3.8) is 0 Å². The Morgan fingerprint density at radius 2 is 1.79 bits per heavy atom. The van der Waals surface area contributed by atoms with Gasteiger partial charge in [-0.3, -0.25) is 4.79 Å². The van der Waals surface area contributed by atoms with E-state index < -0.39 is 0 Å². The summed E-state index contributed by atoms with van der Waals surface area (Å²) in [6, 6.07) is 24.8. The van der Waals surface area contributed by atoms with Gasteiger partial charge in [0, 0.05) is 12.6 Å². The van der Waals surface area contributed by atoms with Crippen molar-refractivity contribution in [2.24, 2.45) is 0 Å². The van der Waals surface area contributed by atoms with Gasteiger partial charge in [0.05, 0.1) is 18.1 Å². The molecule has 0 spiro atoms. The molecule has 1 atom stereocenters. The summed E-state index contributed by atoms with van der Waals surface area (Å²) in [5.41, 5.74) is 3.07. The molecule has 4 rings (SSSR count). The van der Waals surface area contributed by atoms with E-state index >= 15 is 0 Å². The quantitative estimate of drug-likeness (QED) is 0.644. The third-order valence-electron chi connectivity index (χ3n) is 5.70. The zero-order valence-corrected chi connectivity index (χ0v) is 16.0. The molecular formula is C25H24N2O. The zero-order valence-electron chi connectivity index (χ0n) is 16.0. The molecule has 3 nitrogen and oxygen atoms in total. The molecule has 140 valence electrons. The highest BCUT2D eigenvalue weighted by molar-refractivity contribution is 5.84. The lowest BCUT2D eigenvalue weighted by Crippen LogP contribution is -2.36. The molecule has 0 aliphatic carbocycles. The molecule has 1 fully saturated rings. The highest BCUT2D eigenvalue weighted by Gasteiger charge is 2.28. The Balaban J connectivity index is 1.40. The van der Waals surface area contributed by atoms with Crippen LogP contribution in [0.2, 0.25) is 0 Å². The minimum atomic E-state index is 0.247. The van der Waals surface area contributed by atoms with E-state index in [9.17, 15) is 4.79 Å². The predicted octanol–water partition coefficient (Wildman–Crippen LogP) is 4.88. The lowest BCUT2D eigenvalue weighted by atomic mass is 9.99. The second-order valence-electron chi connectivity index (χ2n) is 7.59. The SMILES string of the molecule is N#Cc1ccc2cc(CC[C@@H]3CCCN3C(=O)Cc3ccccc3)ccc2c1. The number of fused-ring (bicyclic) bond motifs is 1. The van der Waals surface area contributed by atoms with Gasteiger partial charge >= 0.3 is 0 Å². The Labute approximate surface area is 166 Å². The molecule has 1 aliphatic heterocycles. The number of likely N-dealkylation sites (tertiary alicyclic amines) is 1. The molecule has 1 saturated heterocycles. The number of hydrogen-bond acceptors (Lipinski definition) is 2. The molecule has 3 aromatic rings. The van der Waals surface area contributed by atoms with Gasteiger partial charge in [-0.25, -0.2) is 0 Å². The maximum atomic E-state index is 12.8. The van der Waals surface area contributed by atoms with Crippen molar-refractivity contribution in [3.05, 3.63) is 83.4 Å². The number of carbonyl (C=O) groups is 1. The monoisotopic (exact) mass is 368 g/mol. The van der Waals surface area contributed by atoms with Gasteiger partial charge in [0.1, 0.15) is 0 Å². The fourth-order valence-electron chi connectivity index (χ4n) is 4.19. The third-order valence-corrected chi connectivity index (χ3v) is 5.70. The van der Waals surface area contributed by atoms with E-state index in [4.69, 9.17) is 5.26 Å². The van der Waals surface area contributed by atoms with Crippen LogP contribution >= 0.6 is 0 Å². The molecule has 1 aliphatic rings. The van der Waals surface area contributed by atoms with Crippen molar-refractivity contribution >= 4 is 16.7 Å². The summed E-state index contributed by atoms with van der Waals surface area (Å²) in [6.07, 6.45) is 4.66. The van der Waals surface area contributed by atoms with Crippen molar-refractivity contribution in [1.29, 1.82) is 5.26 Å². The highest BCUT2D eigenvalue weighted by Crippen LogP contribution is 2.24. The van der Waals surface area contributed by atoms with Crippen LogP contribution in [-0.4, -0.2) is 23.4 Å². The Kier molecular flexibility index (Phi) is 5.39. The van der Waals surface area contributed by atoms with Crippen LogP contribution in [0.3, 0.4) is 0 Å². The Hall–Kier alpha value is -3.12. The first-order chi connectivity index (χ1) is 13.7. The summed E-state index contributed by atoms with van der Waals surface area (Å²) >= 11 is 0. The molecule has 0 bridgehead atoms. The summed E-state index contributed by atoms with van der Waals surface area (Å²) in [5, 5.41) is 11.3. The van der Waals surface area contributed by atoms with Gasteiger partial charge < -0.3 is 4.90 Å². The first-order valence-electron chi connectivity index (χ1n) is 9.99. The number of hydrogen-bond donors (Lipinski definition) is 0. The topological polar surface area (TPSA) is 44.1 Å². The number of carbonyl (C=O) groups excluding carboxylic acids is 1. The fraction of sp³-hybridized carbons (Fsp3) is 0.280. The van der Waals surface area contributed by atoms with Crippen molar-refractivity contribution in [3.8, 4) is 6.07 Å². The van der Waals surface area contributed by atoms with Gasteiger partial charge in [-0.1, -0.05) is 54.6 Å². The van der Waals surface area contributed by atoms with Crippen LogP contribution in [0.4, 0.5) is 0 Å². The molecule has 3 aromatic carbocycles. The maximum Gasteiger partial charge on any atom is 0.227 e. The average molecular weight is 368 g/mol.